The van der Waals surface area contributed by atoms with Gasteiger partial charge in [-0.2, -0.15) is 0 Å². The highest BCUT2D eigenvalue weighted by Crippen LogP contribution is 2.30. The lowest BCUT2D eigenvalue weighted by atomic mass is 9.95. The molecule has 1 aliphatic carbocycles. The van der Waals surface area contributed by atoms with Crippen LogP contribution in [0.15, 0.2) is 36.4 Å². The smallest absolute Gasteiger partial charge is 0.255 e. The predicted molar refractivity (Wildman–Crippen MR) is 139 cm³/mol. The van der Waals surface area contributed by atoms with Crippen molar-refractivity contribution in [2.24, 2.45) is 5.92 Å². The first-order chi connectivity index (χ1) is 17.0. The summed E-state index contributed by atoms with van der Waals surface area (Å²) < 4.78 is 10.6. The summed E-state index contributed by atoms with van der Waals surface area (Å²) in [5.74, 6) is 1.42. The maximum absolute atomic E-state index is 13.4. The van der Waals surface area contributed by atoms with Gasteiger partial charge < -0.3 is 25.0 Å². The van der Waals surface area contributed by atoms with Gasteiger partial charge in [0.25, 0.3) is 11.8 Å². The Morgan fingerprint density at radius 3 is 2.14 bits per heavy atom. The van der Waals surface area contributed by atoms with Crippen molar-refractivity contribution >= 4 is 23.2 Å². The van der Waals surface area contributed by atoms with Crippen LogP contribution in [0.4, 0.5) is 11.4 Å². The predicted octanol–water partition coefficient (Wildman–Crippen LogP) is 5.25. The van der Waals surface area contributed by atoms with E-state index in [4.69, 9.17) is 9.47 Å². The third-order valence-corrected chi connectivity index (χ3v) is 7.18. The topological polar surface area (TPSA) is 79.9 Å². The van der Waals surface area contributed by atoms with Crippen LogP contribution in [-0.4, -0.2) is 45.2 Å². The van der Waals surface area contributed by atoms with Crippen LogP contribution >= 0.6 is 0 Å². The van der Waals surface area contributed by atoms with E-state index in [0.29, 0.717) is 34.2 Å². The van der Waals surface area contributed by atoms with E-state index in [1.54, 1.807) is 38.5 Å². The molecule has 0 aromatic heterocycles. The minimum Gasteiger partial charge on any atom is -0.497 e. The highest BCUT2D eigenvalue weighted by molar-refractivity contribution is 6.06. The van der Waals surface area contributed by atoms with E-state index in [1.165, 1.54) is 6.42 Å². The van der Waals surface area contributed by atoms with E-state index in [2.05, 4.69) is 22.5 Å². The zero-order valence-electron chi connectivity index (χ0n) is 21.1. The third-order valence-electron chi connectivity index (χ3n) is 7.18. The molecule has 0 spiro atoms. The van der Waals surface area contributed by atoms with Gasteiger partial charge in [-0.3, -0.25) is 9.59 Å². The van der Waals surface area contributed by atoms with Crippen molar-refractivity contribution in [3.8, 4) is 11.5 Å². The molecule has 2 aromatic rings. The number of carbonyl (C=O) groups excluding carboxylic acids is 2. The molecule has 2 aliphatic rings. The molecule has 0 bridgehead atoms. The molecular weight excluding hydrogens is 442 g/mol. The summed E-state index contributed by atoms with van der Waals surface area (Å²) in [4.78, 5) is 28.8. The average Bonchev–Trinajstić information content (AvgIpc) is 2.89. The molecule has 2 amide bonds. The maximum Gasteiger partial charge on any atom is 0.255 e. The summed E-state index contributed by atoms with van der Waals surface area (Å²) in [6.07, 6.45) is 7.82. The van der Waals surface area contributed by atoms with Crippen molar-refractivity contribution in [2.45, 2.75) is 57.9 Å². The highest BCUT2D eigenvalue weighted by atomic mass is 16.5. The number of hydrogen-bond acceptors (Lipinski definition) is 5. The number of hydrogen-bond donors (Lipinski definition) is 2. The number of amides is 2. The van der Waals surface area contributed by atoms with Crippen molar-refractivity contribution < 1.29 is 19.1 Å². The number of carbonyl (C=O) groups is 2. The SMILES string of the molecule is COc1cc(OC)cc(C(=O)Nc2ccc(N3CCC(C)CC3)c(C(=O)NC3CCCCC3)c2)c1. The third kappa shape index (κ3) is 6.27. The molecule has 1 heterocycles. The van der Waals surface area contributed by atoms with Crippen molar-refractivity contribution in [3.63, 3.8) is 0 Å². The van der Waals surface area contributed by atoms with Gasteiger partial charge in [-0.1, -0.05) is 26.2 Å². The van der Waals surface area contributed by atoms with Crippen LogP contribution < -0.4 is 25.0 Å². The molecule has 188 valence electrons. The van der Waals surface area contributed by atoms with Crippen LogP contribution in [0.3, 0.4) is 0 Å². The molecule has 7 heteroatoms. The molecule has 2 aromatic carbocycles. The zero-order chi connectivity index (χ0) is 24.8. The minimum absolute atomic E-state index is 0.0651. The van der Waals surface area contributed by atoms with Gasteiger partial charge in [-0.05, 0) is 61.9 Å². The van der Waals surface area contributed by atoms with Gasteiger partial charge in [0.2, 0.25) is 0 Å². The molecule has 1 saturated carbocycles. The van der Waals surface area contributed by atoms with Crippen LogP contribution in [-0.2, 0) is 0 Å². The van der Waals surface area contributed by atoms with Gasteiger partial charge >= 0.3 is 0 Å². The second-order valence-electron chi connectivity index (χ2n) is 9.77. The lowest BCUT2D eigenvalue weighted by molar-refractivity contribution is 0.0927. The van der Waals surface area contributed by atoms with Gasteiger partial charge in [-0.15, -0.1) is 0 Å². The fourth-order valence-corrected chi connectivity index (χ4v) is 4.97. The first kappa shape index (κ1) is 24.9. The van der Waals surface area contributed by atoms with E-state index in [0.717, 1.165) is 57.3 Å². The molecule has 2 N–H and O–H groups in total. The maximum atomic E-state index is 13.4. The number of ether oxygens (including phenoxy) is 2. The summed E-state index contributed by atoms with van der Waals surface area (Å²) in [5, 5.41) is 6.20. The summed E-state index contributed by atoms with van der Waals surface area (Å²) >= 11 is 0. The average molecular weight is 480 g/mol. The Labute approximate surface area is 208 Å². The van der Waals surface area contributed by atoms with Crippen LogP contribution in [0.2, 0.25) is 0 Å². The number of methoxy groups -OCH3 is 2. The lowest BCUT2D eigenvalue weighted by Crippen LogP contribution is -2.38. The van der Waals surface area contributed by atoms with Crippen LogP contribution in [0, 0.1) is 5.92 Å². The minimum atomic E-state index is -0.291. The van der Waals surface area contributed by atoms with Gasteiger partial charge in [-0.25, -0.2) is 0 Å². The molecule has 7 nitrogen and oxygen atoms in total. The van der Waals surface area contributed by atoms with E-state index in [-0.39, 0.29) is 17.9 Å². The molecule has 2 fully saturated rings. The van der Waals surface area contributed by atoms with E-state index in [9.17, 15) is 9.59 Å². The van der Waals surface area contributed by atoms with Gasteiger partial charge in [0, 0.05) is 42.1 Å². The summed E-state index contributed by atoms with van der Waals surface area (Å²) in [5.41, 5.74) is 2.56. The Kier molecular flexibility index (Phi) is 8.16. The van der Waals surface area contributed by atoms with Crippen LogP contribution in [0.5, 0.6) is 11.5 Å². The number of anilines is 2. The molecule has 35 heavy (non-hydrogen) atoms. The second-order valence-corrected chi connectivity index (χ2v) is 9.77. The quantitative estimate of drug-likeness (QED) is 0.567. The summed E-state index contributed by atoms with van der Waals surface area (Å²) in [6.45, 7) is 4.14. The molecule has 0 unspecified atom stereocenters. The van der Waals surface area contributed by atoms with Crippen molar-refractivity contribution in [1.29, 1.82) is 0 Å². The largest absolute Gasteiger partial charge is 0.497 e. The van der Waals surface area contributed by atoms with E-state index < -0.39 is 0 Å². The second kappa shape index (κ2) is 11.5. The monoisotopic (exact) mass is 479 g/mol. The molecule has 0 radical (unpaired) electrons. The highest BCUT2D eigenvalue weighted by Gasteiger charge is 2.24. The molecular formula is C28H37N3O4. The molecule has 4 rings (SSSR count). The Morgan fingerprint density at radius 2 is 1.51 bits per heavy atom. The molecule has 1 saturated heterocycles. The summed E-state index contributed by atoms with van der Waals surface area (Å²) in [7, 11) is 3.10. The zero-order valence-corrected chi connectivity index (χ0v) is 21.1. The Balaban J connectivity index is 1.58. The first-order valence-corrected chi connectivity index (χ1v) is 12.7. The van der Waals surface area contributed by atoms with E-state index >= 15 is 0 Å². The fourth-order valence-electron chi connectivity index (χ4n) is 4.97. The molecule has 0 atom stereocenters. The normalized spacial score (nSPS) is 17.1. The fraction of sp³-hybridized carbons (Fsp3) is 0.500. The van der Waals surface area contributed by atoms with Crippen LogP contribution in [0.25, 0.3) is 0 Å². The Bertz CT molecular complexity index is 1020. The number of benzene rings is 2. The van der Waals surface area contributed by atoms with Gasteiger partial charge in [0.15, 0.2) is 0 Å². The van der Waals surface area contributed by atoms with Crippen molar-refractivity contribution in [1.82, 2.24) is 5.32 Å². The van der Waals surface area contributed by atoms with Crippen molar-refractivity contribution in [3.05, 3.63) is 47.5 Å². The lowest BCUT2D eigenvalue weighted by Gasteiger charge is -2.34. The first-order valence-electron chi connectivity index (χ1n) is 12.7. The molecule has 1 aliphatic heterocycles. The Morgan fingerprint density at radius 1 is 0.857 bits per heavy atom. The standard InChI is InChI=1S/C28H37N3O4/c1-19-11-13-31(14-12-19)26-10-9-22(17-25(26)28(33)29-21-7-5-4-6-8-21)30-27(32)20-15-23(34-2)18-24(16-20)35-3/h9-10,15-19,21H,4-8,11-14H2,1-3H3,(H,29,33)(H,30,32). The van der Waals surface area contributed by atoms with E-state index in [1.807, 2.05) is 12.1 Å². The Hall–Kier alpha value is -3.22. The number of nitrogens with one attached hydrogen (secondary N) is 2. The van der Waals surface area contributed by atoms with Gasteiger partial charge in [0.1, 0.15) is 11.5 Å². The van der Waals surface area contributed by atoms with Gasteiger partial charge in [0.05, 0.1) is 19.8 Å². The number of piperidine rings is 1. The van der Waals surface area contributed by atoms with Crippen molar-refractivity contribution in [2.75, 3.05) is 37.5 Å². The van der Waals surface area contributed by atoms with Crippen LogP contribution in [0.1, 0.15) is 72.6 Å². The summed E-state index contributed by atoms with van der Waals surface area (Å²) in [6, 6.07) is 10.9. The number of rotatable bonds is 7. The number of nitrogens with zero attached hydrogens (tertiary/aromatic N) is 1.